The van der Waals surface area contributed by atoms with E-state index in [9.17, 15) is 33.0 Å². The minimum atomic E-state index is -2.96. The Morgan fingerprint density at radius 3 is 2.21 bits per heavy atom. The van der Waals surface area contributed by atoms with Crippen LogP contribution in [0.3, 0.4) is 0 Å². The van der Waals surface area contributed by atoms with Crippen molar-refractivity contribution in [3.63, 3.8) is 0 Å². The van der Waals surface area contributed by atoms with E-state index in [1.54, 1.807) is 0 Å². The second-order valence-corrected chi connectivity index (χ2v) is 27.2. The molecule has 7 aliphatic rings. The fourth-order valence-electron chi connectivity index (χ4n) is 16.3. The van der Waals surface area contributed by atoms with E-state index in [0.29, 0.717) is 68.9 Å². The summed E-state index contributed by atoms with van der Waals surface area (Å²) in [7, 11) is -2.96. The van der Waals surface area contributed by atoms with Crippen LogP contribution < -0.4 is 10.1 Å². The molecule has 0 radical (unpaired) electrons. The van der Waals surface area contributed by atoms with Gasteiger partial charge in [0.1, 0.15) is 18.5 Å². The third kappa shape index (κ3) is 7.65. The van der Waals surface area contributed by atoms with Gasteiger partial charge in [-0.05, 0) is 120 Å². The number of hydrogen-bond donors (Lipinski definition) is 3. The molecule has 0 spiro atoms. The predicted molar refractivity (Wildman–Crippen MR) is 257 cm³/mol. The van der Waals surface area contributed by atoms with E-state index < -0.39 is 44.6 Å². The molecule has 11 atom stereocenters. The van der Waals surface area contributed by atoms with Crippen molar-refractivity contribution in [2.24, 2.45) is 67.5 Å². The van der Waals surface area contributed by atoms with Crippen molar-refractivity contribution in [2.45, 2.75) is 152 Å². The highest BCUT2D eigenvalue weighted by Gasteiger charge is 2.75. The first kappa shape index (κ1) is 49.9. The number of Topliss-reactive ketones (excluding diaryl/α,β-unsaturated/α-hetero) is 1. The van der Waals surface area contributed by atoms with Gasteiger partial charge in [-0.25, -0.2) is 8.42 Å². The Morgan fingerprint density at radius 2 is 1.56 bits per heavy atom. The first-order valence-electron chi connectivity index (χ1n) is 25.1. The largest absolute Gasteiger partial charge is 0.492 e. The minimum absolute atomic E-state index is 0.0236. The first-order chi connectivity index (χ1) is 30.7. The molecule has 3 N–H and O–H groups in total. The van der Waals surface area contributed by atoms with Crippen LogP contribution in [0, 0.1) is 67.5 Å². The summed E-state index contributed by atoms with van der Waals surface area (Å²) in [5.41, 5.74) is 1.35. The van der Waals surface area contributed by atoms with Gasteiger partial charge in [-0.3, -0.25) is 19.3 Å². The van der Waals surface area contributed by atoms with Gasteiger partial charge in [0, 0.05) is 60.6 Å². The van der Waals surface area contributed by atoms with Gasteiger partial charge in [0.15, 0.2) is 15.6 Å². The van der Waals surface area contributed by atoms with Crippen molar-refractivity contribution in [1.82, 2.24) is 10.2 Å². The lowest BCUT2D eigenvalue weighted by atomic mass is 9.28. The molecular weight excluding hydrogens is 876 g/mol. The second-order valence-electron chi connectivity index (χ2n) is 24.4. The van der Waals surface area contributed by atoms with Gasteiger partial charge in [0.2, 0.25) is 0 Å². The van der Waals surface area contributed by atoms with E-state index in [1.807, 2.05) is 32.0 Å². The number of aliphatic carboxylic acids is 1. The molecule has 1 aliphatic heterocycles. The number of nitrogens with zero attached hydrogens (tertiary/aromatic N) is 1. The molecule has 6 aliphatic carbocycles. The molecule has 0 amide bonds. The number of aliphatic hydroxyl groups is 1. The summed E-state index contributed by atoms with van der Waals surface area (Å²) in [6.07, 6.45) is 7.14. The maximum atomic E-state index is 14.4. The molecule has 11 nitrogen and oxygen atoms in total. The third-order valence-corrected chi connectivity index (χ3v) is 22.8. The SMILES string of the molecule is CC(C)C1=C2[C@H]3CC[C@@]4(C)[C@@](C)(CC[C@H]5C(C)(C)C(OC(=O)[C@H]6C[C@@H](C(=O)O)C6(C)C)CC[C@@]54C)[C@]3(C)CC[C@@]2([C@@H](O)CNCc2ccc(Cl)cc2OCCN2CCS(=O)(=O)CC2)CC1=O. The van der Waals surface area contributed by atoms with Crippen LogP contribution in [0.15, 0.2) is 29.3 Å². The van der Waals surface area contributed by atoms with Gasteiger partial charge in [-0.2, -0.15) is 0 Å². The summed E-state index contributed by atoms with van der Waals surface area (Å²) >= 11 is 6.43. The standard InChI is InChI=1S/C53H79ClN2O9S/c1-32(2)43-38(57)29-53(41(58)31-55-30-33-11-12-34(54)27-39(33)64-24-21-56-22-25-66(62,63)26-23-56)20-19-49(7)35(44(43)53)13-17-52(10)50(8)16-15-42(48(5,6)40(50)14-18-51(49,52)9)65-46(61)37-28-36(45(59)60)47(37,3)4/h11-12,27,32,35-37,40-42,55,58H,13-26,28-31H2,1-10H3,(H,59,60)/t35-,36+,37-,40+,41+,42?,49-,50+,51+,52-,53+/m1/s1. The highest BCUT2D eigenvalue weighted by atomic mass is 35.5. The molecule has 5 saturated carbocycles. The van der Waals surface area contributed by atoms with Crippen molar-refractivity contribution >= 4 is 39.2 Å². The number of halogens is 1. The van der Waals surface area contributed by atoms with Gasteiger partial charge in [-0.1, -0.05) is 92.5 Å². The summed E-state index contributed by atoms with van der Waals surface area (Å²) in [4.78, 5) is 42.1. The Kier molecular flexibility index (Phi) is 12.9. The van der Waals surface area contributed by atoms with Gasteiger partial charge >= 0.3 is 11.9 Å². The van der Waals surface area contributed by atoms with E-state index in [-0.39, 0.29) is 68.3 Å². The molecule has 0 bridgehead atoms. The summed E-state index contributed by atoms with van der Waals surface area (Å²) in [6, 6.07) is 5.59. The zero-order valence-electron chi connectivity index (χ0n) is 41.5. The number of esters is 1. The maximum absolute atomic E-state index is 14.4. The molecule has 66 heavy (non-hydrogen) atoms. The minimum Gasteiger partial charge on any atom is -0.492 e. The Morgan fingerprint density at radius 1 is 0.894 bits per heavy atom. The molecule has 1 saturated heterocycles. The van der Waals surface area contributed by atoms with E-state index in [1.165, 1.54) is 5.57 Å². The number of allylic oxidation sites excluding steroid dienone is 1. The van der Waals surface area contributed by atoms with Gasteiger partial charge < -0.3 is 25.0 Å². The molecule has 8 rings (SSSR count). The van der Waals surface area contributed by atoms with Crippen molar-refractivity contribution in [2.75, 3.05) is 44.3 Å². The van der Waals surface area contributed by atoms with E-state index in [4.69, 9.17) is 21.1 Å². The highest BCUT2D eigenvalue weighted by Crippen LogP contribution is 2.81. The number of fused-ring (bicyclic) bond motifs is 7. The Balaban J connectivity index is 0.987. The lowest BCUT2D eigenvalue weighted by molar-refractivity contribution is -0.280. The van der Waals surface area contributed by atoms with E-state index in [2.05, 4.69) is 65.6 Å². The van der Waals surface area contributed by atoms with Gasteiger partial charge in [0.25, 0.3) is 0 Å². The first-order valence-corrected chi connectivity index (χ1v) is 27.3. The summed E-state index contributed by atoms with van der Waals surface area (Å²) in [6.45, 7) is 25.7. The molecule has 0 aromatic heterocycles. The topological polar surface area (TPSA) is 160 Å². The lowest BCUT2D eigenvalue weighted by Crippen LogP contribution is -2.70. The Labute approximate surface area is 399 Å². The zero-order chi connectivity index (χ0) is 48.2. The normalized spacial score (nSPS) is 39.5. The Hall–Kier alpha value is -2.51. The van der Waals surface area contributed by atoms with Crippen molar-refractivity contribution in [1.29, 1.82) is 0 Å². The number of carbonyl (C=O) groups is 3. The van der Waals surface area contributed by atoms with Gasteiger partial charge in [-0.15, -0.1) is 0 Å². The average molecular weight is 956 g/mol. The number of rotatable bonds is 13. The van der Waals surface area contributed by atoms with Crippen LogP contribution in [0.25, 0.3) is 0 Å². The number of ketones is 1. The molecule has 1 aromatic rings. The van der Waals surface area contributed by atoms with Crippen molar-refractivity contribution < 1.29 is 42.5 Å². The Bertz CT molecular complexity index is 2250. The molecule has 6 fully saturated rings. The number of nitrogens with one attached hydrogen (secondary N) is 1. The maximum Gasteiger partial charge on any atom is 0.309 e. The quantitative estimate of drug-likeness (QED) is 0.162. The number of carbonyl (C=O) groups excluding carboxylic acids is 2. The molecule has 1 unspecified atom stereocenters. The summed E-state index contributed by atoms with van der Waals surface area (Å²) in [5.74, 6) is -0.288. The zero-order valence-corrected chi connectivity index (χ0v) is 43.1. The van der Waals surface area contributed by atoms with Crippen LogP contribution in [-0.2, 0) is 35.5 Å². The van der Waals surface area contributed by atoms with Crippen LogP contribution in [0.5, 0.6) is 5.75 Å². The van der Waals surface area contributed by atoms with Crippen molar-refractivity contribution in [3.05, 3.63) is 39.9 Å². The lowest BCUT2D eigenvalue weighted by Gasteiger charge is -2.76. The predicted octanol–water partition coefficient (Wildman–Crippen LogP) is 8.93. The van der Waals surface area contributed by atoms with E-state index >= 15 is 0 Å². The smallest absolute Gasteiger partial charge is 0.309 e. The summed E-state index contributed by atoms with van der Waals surface area (Å²) in [5, 5.41) is 26.4. The number of carboxylic acids is 1. The average Bonchev–Trinajstić information content (AvgIpc) is 3.54. The number of hydrogen-bond acceptors (Lipinski definition) is 10. The molecule has 13 heteroatoms. The number of ether oxygens (including phenoxy) is 2. The number of aliphatic hydroxyl groups excluding tert-OH is 1. The molecular formula is C53H79ClN2O9S. The van der Waals surface area contributed by atoms with Crippen LogP contribution in [0.1, 0.15) is 139 Å². The fraction of sp³-hybridized carbons (Fsp3) is 0.792. The summed E-state index contributed by atoms with van der Waals surface area (Å²) < 4.78 is 36.5. The number of carboxylic acid groups (broad SMARTS) is 1. The van der Waals surface area contributed by atoms with Crippen LogP contribution in [-0.4, -0.2) is 97.8 Å². The second kappa shape index (κ2) is 17.1. The molecule has 368 valence electrons. The third-order valence-electron chi connectivity index (χ3n) is 20.9. The van der Waals surface area contributed by atoms with Gasteiger partial charge in [0.05, 0.1) is 29.4 Å². The van der Waals surface area contributed by atoms with Crippen LogP contribution >= 0.6 is 11.6 Å². The highest BCUT2D eigenvalue weighted by molar-refractivity contribution is 7.91. The van der Waals surface area contributed by atoms with Crippen LogP contribution in [0.2, 0.25) is 5.02 Å². The van der Waals surface area contributed by atoms with Crippen LogP contribution in [0.4, 0.5) is 0 Å². The number of benzene rings is 1. The van der Waals surface area contributed by atoms with Crippen molar-refractivity contribution in [3.8, 4) is 5.75 Å². The monoisotopic (exact) mass is 955 g/mol. The molecule has 1 heterocycles. The number of sulfone groups is 1. The molecule has 1 aromatic carbocycles. The fourth-order valence-corrected chi connectivity index (χ4v) is 17.7. The van der Waals surface area contributed by atoms with E-state index in [0.717, 1.165) is 62.5 Å².